The maximum atomic E-state index is 11.6. The van der Waals surface area contributed by atoms with Crippen LogP contribution in [0.3, 0.4) is 0 Å². The lowest BCUT2D eigenvalue weighted by atomic mass is 10.1. The lowest BCUT2D eigenvalue weighted by molar-refractivity contribution is -0.139. The Morgan fingerprint density at radius 3 is 2.35 bits per heavy atom. The molecule has 0 fully saturated rings. The van der Waals surface area contributed by atoms with E-state index in [1.54, 1.807) is 12.1 Å². The fraction of sp³-hybridized carbons (Fsp3) is 0.300. The van der Waals surface area contributed by atoms with Crippen molar-refractivity contribution in [3.05, 3.63) is 65.7 Å². The Balaban J connectivity index is 1.55. The number of aryl methyl sites for hydroxylation is 1. The van der Waals surface area contributed by atoms with Gasteiger partial charge in [0.05, 0.1) is 0 Å². The van der Waals surface area contributed by atoms with E-state index in [0.29, 0.717) is 12.3 Å². The molecule has 2 N–H and O–H groups in total. The van der Waals surface area contributed by atoms with Crippen molar-refractivity contribution in [1.29, 1.82) is 0 Å². The van der Waals surface area contributed by atoms with E-state index in [0.717, 1.165) is 30.4 Å². The molecule has 0 unspecified atom stereocenters. The highest BCUT2D eigenvalue weighted by Crippen LogP contribution is 2.13. The summed E-state index contributed by atoms with van der Waals surface area (Å²) in [5.41, 5.74) is 2.10. The second kappa shape index (κ2) is 10.8. The Hall–Kier alpha value is -3.02. The van der Waals surface area contributed by atoms with Crippen molar-refractivity contribution in [3.63, 3.8) is 0 Å². The summed E-state index contributed by atoms with van der Waals surface area (Å²) in [6.07, 6.45) is 2.24. The maximum absolute atomic E-state index is 11.6. The van der Waals surface area contributed by atoms with Gasteiger partial charge in [0.25, 0.3) is 0 Å². The quantitative estimate of drug-likeness (QED) is 0.637. The Morgan fingerprint density at radius 1 is 0.923 bits per heavy atom. The number of unbranched alkanes of at least 4 members (excludes halogenated alkanes) is 1. The van der Waals surface area contributed by atoms with E-state index in [2.05, 4.69) is 5.32 Å². The van der Waals surface area contributed by atoms with Crippen LogP contribution in [-0.2, 0) is 22.6 Å². The Morgan fingerprint density at radius 2 is 1.65 bits per heavy atom. The zero-order valence-electron chi connectivity index (χ0n) is 14.5. The molecule has 0 aliphatic rings. The Labute approximate surface area is 152 Å². The predicted octanol–water partition coefficient (Wildman–Crippen LogP) is 3.40. The summed E-state index contributed by atoms with van der Waals surface area (Å²) in [5, 5.41) is 11.3. The van der Waals surface area contributed by atoms with Crippen LogP contribution in [0, 0.1) is 0 Å². The number of carboxylic acid groups (broad SMARTS) is 1. The average Bonchev–Trinajstić information content (AvgIpc) is 2.66. The number of carbonyl (C=O) groups excluding carboxylic acids is 1. The number of ether oxygens (including phenoxy) is 2. The minimum absolute atomic E-state index is 0.267. The summed E-state index contributed by atoms with van der Waals surface area (Å²) in [7, 11) is 0. The molecule has 26 heavy (non-hydrogen) atoms. The van der Waals surface area contributed by atoms with Crippen LogP contribution in [0.4, 0.5) is 4.79 Å². The van der Waals surface area contributed by atoms with Crippen molar-refractivity contribution >= 4 is 12.1 Å². The monoisotopic (exact) mass is 357 g/mol. The summed E-state index contributed by atoms with van der Waals surface area (Å²) < 4.78 is 10.2. The Bertz CT molecular complexity index is 685. The first-order valence-corrected chi connectivity index (χ1v) is 8.51. The van der Waals surface area contributed by atoms with E-state index < -0.39 is 12.1 Å². The van der Waals surface area contributed by atoms with Gasteiger partial charge in [-0.2, -0.15) is 0 Å². The minimum Gasteiger partial charge on any atom is -0.482 e. The molecule has 6 heteroatoms. The molecule has 0 radical (unpaired) electrons. The minimum atomic E-state index is -0.996. The smallest absolute Gasteiger partial charge is 0.407 e. The standard InChI is InChI=1S/C20H23NO5/c22-19(23)15-25-18-11-9-16(10-12-18)6-4-5-13-21-20(24)26-14-17-7-2-1-3-8-17/h1-3,7-12H,4-6,13-15H2,(H,21,24)(H,22,23). The van der Waals surface area contributed by atoms with Crippen molar-refractivity contribution in [1.82, 2.24) is 5.32 Å². The topological polar surface area (TPSA) is 84.9 Å². The summed E-state index contributed by atoms with van der Waals surface area (Å²) in [4.78, 5) is 22.0. The molecule has 0 saturated heterocycles. The zero-order valence-corrected chi connectivity index (χ0v) is 14.5. The van der Waals surface area contributed by atoms with E-state index in [1.807, 2.05) is 42.5 Å². The molecule has 2 aromatic carbocycles. The van der Waals surface area contributed by atoms with Crippen molar-refractivity contribution in [3.8, 4) is 5.75 Å². The van der Waals surface area contributed by atoms with Crippen LogP contribution in [0.5, 0.6) is 5.75 Å². The second-order valence-corrected chi connectivity index (χ2v) is 5.77. The first-order valence-electron chi connectivity index (χ1n) is 8.51. The lowest BCUT2D eigenvalue weighted by Gasteiger charge is -2.07. The molecule has 0 aliphatic heterocycles. The third kappa shape index (κ3) is 7.70. The van der Waals surface area contributed by atoms with Gasteiger partial charge in [0.2, 0.25) is 0 Å². The predicted molar refractivity (Wildman–Crippen MR) is 97.1 cm³/mol. The van der Waals surface area contributed by atoms with E-state index in [-0.39, 0.29) is 13.2 Å². The number of hydrogen-bond donors (Lipinski definition) is 2. The number of amides is 1. The number of carboxylic acids is 1. The van der Waals surface area contributed by atoms with Crippen LogP contribution < -0.4 is 10.1 Å². The van der Waals surface area contributed by atoms with Gasteiger partial charge < -0.3 is 19.9 Å². The molecule has 1 amide bonds. The van der Waals surface area contributed by atoms with Crippen LogP contribution in [0.25, 0.3) is 0 Å². The SMILES string of the molecule is O=C(O)COc1ccc(CCCCNC(=O)OCc2ccccc2)cc1. The van der Waals surface area contributed by atoms with Gasteiger partial charge in [0.15, 0.2) is 6.61 Å². The normalized spacial score (nSPS) is 10.2. The van der Waals surface area contributed by atoms with Gasteiger partial charge >= 0.3 is 12.1 Å². The number of alkyl carbamates (subject to hydrolysis) is 1. The maximum Gasteiger partial charge on any atom is 0.407 e. The third-order valence-electron chi connectivity index (χ3n) is 3.66. The molecule has 0 saturated carbocycles. The van der Waals surface area contributed by atoms with Gasteiger partial charge in [-0.1, -0.05) is 42.5 Å². The molecule has 0 spiro atoms. The van der Waals surface area contributed by atoms with E-state index >= 15 is 0 Å². The van der Waals surface area contributed by atoms with Crippen molar-refractivity contribution in [2.45, 2.75) is 25.9 Å². The highest BCUT2D eigenvalue weighted by Gasteiger charge is 2.02. The fourth-order valence-electron chi connectivity index (χ4n) is 2.32. The number of nitrogens with one attached hydrogen (secondary N) is 1. The second-order valence-electron chi connectivity index (χ2n) is 5.77. The van der Waals surface area contributed by atoms with Crippen LogP contribution in [0.1, 0.15) is 24.0 Å². The van der Waals surface area contributed by atoms with Gasteiger partial charge in [-0.15, -0.1) is 0 Å². The van der Waals surface area contributed by atoms with Crippen molar-refractivity contribution in [2.24, 2.45) is 0 Å². The fourth-order valence-corrected chi connectivity index (χ4v) is 2.32. The van der Waals surface area contributed by atoms with Crippen LogP contribution in [0.15, 0.2) is 54.6 Å². The molecule has 0 aromatic heterocycles. The number of rotatable bonds is 10. The van der Waals surface area contributed by atoms with E-state index in [9.17, 15) is 9.59 Å². The van der Waals surface area contributed by atoms with E-state index in [4.69, 9.17) is 14.6 Å². The summed E-state index contributed by atoms with van der Waals surface area (Å²) in [5.74, 6) is -0.456. The first-order chi connectivity index (χ1) is 12.6. The Kier molecular flexibility index (Phi) is 7.99. The van der Waals surface area contributed by atoms with Crippen LogP contribution >= 0.6 is 0 Å². The number of hydrogen-bond acceptors (Lipinski definition) is 4. The average molecular weight is 357 g/mol. The summed E-state index contributed by atoms with van der Waals surface area (Å²) in [6.45, 7) is 0.488. The highest BCUT2D eigenvalue weighted by molar-refractivity contribution is 5.68. The van der Waals surface area contributed by atoms with Gasteiger partial charge in [0.1, 0.15) is 12.4 Å². The molecule has 2 rings (SSSR count). The molecule has 0 aliphatic carbocycles. The lowest BCUT2D eigenvalue weighted by Crippen LogP contribution is -2.25. The van der Waals surface area contributed by atoms with Crippen molar-refractivity contribution in [2.75, 3.05) is 13.2 Å². The molecular formula is C20H23NO5. The van der Waals surface area contributed by atoms with Gasteiger partial charge in [-0.05, 0) is 42.5 Å². The molecule has 6 nitrogen and oxygen atoms in total. The number of aliphatic carboxylic acids is 1. The molecule has 0 atom stereocenters. The summed E-state index contributed by atoms with van der Waals surface area (Å²) in [6, 6.07) is 16.9. The van der Waals surface area contributed by atoms with Gasteiger partial charge in [-0.25, -0.2) is 9.59 Å². The number of carbonyl (C=O) groups is 2. The van der Waals surface area contributed by atoms with Crippen molar-refractivity contribution < 1.29 is 24.2 Å². The van der Waals surface area contributed by atoms with Gasteiger partial charge in [-0.3, -0.25) is 0 Å². The van der Waals surface area contributed by atoms with Crippen LogP contribution in [-0.4, -0.2) is 30.3 Å². The first kappa shape index (κ1) is 19.3. The molecular weight excluding hydrogens is 334 g/mol. The molecule has 0 heterocycles. The van der Waals surface area contributed by atoms with Gasteiger partial charge in [0, 0.05) is 6.54 Å². The molecule has 0 bridgehead atoms. The third-order valence-corrected chi connectivity index (χ3v) is 3.66. The van der Waals surface area contributed by atoms with Crippen LogP contribution in [0.2, 0.25) is 0 Å². The van der Waals surface area contributed by atoms with E-state index in [1.165, 1.54) is 0 Å². The molecule has 2 aromatic rings. The summed E-state index contributed by atoms with van der Waals surface area (Å²) >= 11 is 0. The molecule has 138 valence electrons. The largest absolute Gasteiger partial charge is 0.482 e. The highest BCUT2D eigenvalue weighted by atomic mass is 16.5. The number of benzene rings is 2. The zero-order chi connectivity index (χ0) is 18.6.